The van der Waals surface area contributed by atoms with E-state index >= 15 is 0 Å². The van der Waals surface area contributed by atoms with Gasteiger partial charge in [0, 0.05) is 6.54 Å². The summed E-state index contributed by atoms with van der Waals surface area (Å²) in [6.45, 7) is 3.90. The molecule has 1 aliphatic rings. The predicted octanol–water partition coefficient (Wildman–Crippen LogP) is 3.44. The number of hydrogen-bond donors (Lipinski definition) is 1. The molecule has 1 fully saturated rings. The average Bonchev–Trinajstić information content (AvgIpc) is 2.86. The first-order chi connectivity index (χ1) is 10.1. The van der Waals surface area contributed by atoms with Gasteiger partial charge < -0.3 is 9.84 Å². The summed E-state index contributed by atoms with van der Waals surface area (Å²) >= 11 is 6.04. The fourth-order valence-electron chi connectivity index (χ4n) is 3.13. The van der Waals surface area contributed by atoms with Gasteiger partial charge in [-0.2, -0.15) is 0 Å². The van der Waals surface area contributed by atoms with Gasteiger partial charge in [0.05, 0.1) is 5.02 Å². The molecule has 116 valence electrons. The third kappa shape index (κ3) is 3.50. The number of benzene rings is 1. The molecule has 4 nitrogen and oxygen atoms in total. The molecule has 0 amide bonds. The Labute approximate surface area is 130 Å². The first-order valence-electron chi connectivity index (χ1n) is 7.46. The van der Waals surface area contributed by atoms with Crippen molar-refractivity contribution in [2.24, 2.45) is 0 Å². The van der Waals surface area contributed by atoms with Crippen molar-refractivity contribution in [2.75, 3.05) is 19.7 Å². The molecule has 0 radical (unpaired) electrons. The van der Waals surface area contributed by atoms with E-state index in [0.717, 1.165) is 25.8 Å². The number of ether oxygens (including phenoxy) is 1. The van der Waals surface area contributed by atoms with Gasteiger partial charge in [-0.15, -0.1) is 0 Å². The van der Waals surface area contributed by atoms with E-state index in [9.17, 15) is 9.90 Å². The smallest absolute Gasteiger partial charge is 0.324 e. The maximum absolute atomic E-state index is 11.7. The van der Waals surface area contributed by atoms with E-state index in [1.807, 2.05) is 25.1 Å². The summed E-state index contributed by atoms with van der Waals surface area (Å²) in [7, 11) is 0. The van der Waals surface area contributed by atoms with Gasteiger partial charge in [0.15, 0.2) is 0 Å². The molecule has 1 aromatic carbocycles. The number of aliphatic carboxylic acids is 1. The van der Waals surface area contributed by atoms with Crippen LogP contribution in [-0.4, -0.2) is 41.2 Å². The highest BCUT2D eigenvalue weighted by atomic mass is 35.5. The van der Waals surface area contributed by atoms with E-state index < -0.39 is 11.5 Å². The Balaban J connectivity index is 1.95. The minimum atomic E-state index is -0.710. The Morgan fingerprint density at radius 2 is 2.24 bits per heavy atom. The molecule has 1 N–H and O–H groups in total. The van der Waals surface area contributed by atoms with Crippen LogP contribution < -0.4 is 4.74 Å². The van der Waals surface area contributed by atoms with Crippen LogP contribution in [0.3, 0.4) is 0 Å². The van der Waals surface area contributed by atoms with Crippen molar-refractivity contribution in [1.82, 2.24) is 4.90 Å². The summed E-state index contributed by atoms with van der Waals surface area (Å²) in [5.41, 5.74) is -0.710. The topological polar surface area (TPSA) is 49.8 Å². The second-order valence-corrected chi connectivity index (χ2v) is 5.86. The molecule has 1 heterocycles. The van der Waals surface area contributed by atoms with Crippen molar-refractivity contribution in [1.29, 1.82) is 0 Å². The molecule has 5 heteroatoms. The minimum absolute atomic E-state index is 0.447. The lowest BCUT2D eigenvalue weighted by Crippen LogP contribution is -2.51. The second kappa shape index (κ2) is 7.14. The Morgan fingerprint density at radius 3 is 2.90 bits per heavy atom. The zero-order chi connectivity index (χ0) is 15.3. The van der Waals surface area contributed by atoms with Crippen molar-refractivity contribution in [2.45, 2.75) is 38.1 Å². The highest BCUT2D eigenvalue weighted by Crippen LogP contribution is 2.34. The van der Waals surface area contributed by atoms with Crippen molar-refractivity contribution < 1.29 is 14.6 Å². The predicted molar refractivity (Wildman–Crippen MR) is 83.0 cm³/mol. The van der Waals surface area contributed by atoms with Crippen LogP contribution in [0.2, 0.25) is 5.02 Å². The fraction of sp³-hybridized carbons (Fsp3) is 0.562. The molecule has 1 aliphatic heterocycles. The van der Waals surface area contributed by atoms with Crippen LogP contribution in [0.1, 0.15) is 32.6 Å². The van der Waals surface area contributed by atoms with Crippen molar-refractivity contribution >= 4 is 17.6 Å². The van der Waals surface area contributed by atoms with Crippen LogP contribution in [0.15, 0.2) is 24.3 Å². The third-order valence-corrected chi connectivity index (χ3v) is 4.45. The maximum atomic E-state index is 11.7. The number of hydrogen-bond acceptors (Lipinski definition) is 3. The molecule has 21 heavy (non-hydrogen) atoms. The highest BCUT2D eigenvalue weighted by Gasteiger charge is 2.46. The van der Waals surface area contributed by atoms with Crippen molar-refractivity contribution in [3.05, 3.63) is 29.3 Å². The molecule has 2 rings (SSSR count). The van der Waals surface area contributed by atoms with Gasteiger partial charge in [0.2, 0.25) is 0 Å². The quantitative estimate of drug-likeness (QED) is 0.838. The number of carboxylic acids is 1. The highest BCUT2D eigenvalue weighted by molar-refractivity contribution is 6.32. The molecule has 1 atom stereocenters. The number of carbonyl (C=O) groups is 1. The van der Waals surface area contributed by atoms with E-state index in [1.54, 1.807) is 6.07 Å². The van der Waals surface area contributed by atoms with Gasteiger partial charge in [-0.1, -0.05) is 37.1 Å². The first-order valence-corrected chi connectivity index (χ1v) is 7.84. The molecule has 0 bridgehead atoms. The van der Waals surface area contributed by atoms with E-state index in [2.05, 4.69) is 4.90 Å². The monoisotopic (exact) mass is 311 g/mol. The molecule has 0 aromatic heterocycles. The summed E-state index contributed by atoms with van der Waals surface area (Å²) in [4.78, 5) is 13.8. The second-order valence-electron chi connectivity index (χ2n) is 5.46. The van der Waals surface area contributed by atoms with Crippen LogP contribution in [0.4, 0.5) is 0 Å². The van der Waals surface area contributed by atoms with Gasteiger partial charge in [-0.05, 0) is 37.9 Å². The molecule has 1 unspecified atom stereocenters. The number of para-hydroxylation sites is 1. The summed E-state index contributed by atoms with van der Waals surface area (Å²) in [6, 6.07) is 7.33. The van der Waals surface area contributed by atoms with E-state index in [0.29, 0.717) is 30.3 Å². The lowest BCUT2D eigenvalue weighted by atomic mass is 9.91. The molecular weight excluding hydrogens is 290 g/mol. The van der Waals surface area contributed by atoms with Gasteiger partial charge in [0.1, 0.15) is 17.9 Å². The molecule has 0 spiro atoms. The average molecular weight is 312 g/mol. The first kappa shape index (κ1) is 16.1. The molecule has 1 aromatic rings. The lowest BCUT2D eigenvalue weighted by molar-refractivity contribution is -0.150. The van der Waals surface area contributed by atoms with Crippen LogP contribution in [0.5, 0.6) is 5.75 Å². The van der Waals surface area contributed by atoms with E-state index in [1.165, 1.54) is 0 Å². The van der Waals surface area contributed by atoms with Crippen LogP contribution in [0.25, 0.3) is 0 Å². The van der Waals surface area contributed by atoms with Gasteiger partial charge in [-0.25, -0.2) is 0 Å². The maximum Gasteiger partial charge on any atom is 0.324 e. The largest absolute Gasteiger partial charge is 0.491 e. The Hall–Kier alpha value is -1.26. The summed E-state index contributed by atoms with van der Waals surface area (Å²) < 4.78 is 5.68. The Kier molecular flexibility index (Phi) is 5.48. The molecular formula is C16H22ClNO3. The molecule has 0 aliphatic carbocycles. The minimum Gasteiger partial charge on any atom is -0.491 e. The van der Waals surface area contributed by atoms with Gasteiger partial charge >= 0.3 is 5.97 Å². The number of carboxylic acid groups (broad SMARTS) is 1. The Bertz CT molecular complexity index is 494. The number of rotatable bonds is 7. The van der Waals surface area contributed by atoms with E-state index in [-0.39, 0.29) is 0 Å². The zero-order valence-electron chi connectivity index (χ0n) is 12.3. The SMILES string of the molecule is CCCC1(C(=O)O)CCCN1CCOc1ccccc1Cl. The molecule has 0 saturated carbocycles. The third-order valence-electron chi connectivity index (χ3n) is 4.14. The fourth-order valence-corrected chi connectivity index (χ4v) is 3.32. The van der Waals surface area contributed by atoms with Gasteiger partial charge in [0.25, 0.3) is 0 Å². The van der Waals surface area contributed by atoms with Gasteiger partial charge in [-0.3, -0.25) is 9.69 Å². The summed E-state index contributed by atoms with van der Waals surface area (Å²) in [5.74, 6) is -0.0608. The number of nitrogens with zero attached hydrogens (tertiary/aromatic N) is 1. The standard InChI is InChI=1S/C16H22ClNO3/c1-2-8-16(15(19)20)9-5-10-18(16)11-12-21-14-7-4-3-6-13(14)17/h3-4,6-7H,2,5,8-12H2,1H3,(H,19,20). The summed E-state index contributed by atoms with van der Waals surface area (Å²) in [6.07, 6.45) is 3.21. The Morgan fingerprint density at radius 1 is 1.48 bits per heavy atom. The number of likely N-dealkylation sites (tertiary alicyclic amines) is 1. The normalized spacial score (nSPS) is 22.4. The molecule has 1 saturated heterocycles. The summed E-state index contributed by atoms with van der Waals surface area (Å²) in [5, 5.41) is 10.2. The van der Waals surface area contributed by atoms with Crippen molar-refractivity contribution in [3.8, 4) is 5.75 Å². The van der Waals surface area contributed by atoms with Crippen LogP contribution >= 0.6 is 11.6 Å². The van der Waals surface area contributed by atoms with Crippen LogP contribution in [-0.2, 0) is 4.79 Å². The van der Waals surface area contributed by atoms with Crippen LogP contribution in [0, 0.1) is 0 Å². The van der Waals surface area contributed by atoms with E-state index in [4.69, 9.17) is 16.3 Å². The lowest BCUT2D eigenvalue weighted by Gasteiger charge is -2.34. The number of halogens is 1. The van der Waals surface area contributed by atoms with Crippen molar-refractivity contribution in [3.63, 3.8) is 0 Å². The zero-order valence-corrected chi connectivity index (χ0v) is 13.1.